The molecule has 0 saturated heterocycles. The minimum Gasteiger partial charge on any atom is -0.437 e. The van der Waals surface area contributed by atoms with Gasteiger partial charge in [0, 0.05) is 40.6 Å². The van der Waals surface area contributed by atoms with Gasteiger partial charge in [0.2, 0.25) is 5.71 Å². The van der Waals surface area contributed by atoms with Crippen molar-refractivity contribution in [1.29, 1.82) is 0 Å². The van der Waals surface area contributed by atoms with E-state index in [0.717, 1.165) is 10.9 Å². The summed E-state index contributed by atoms with van der Waals surface area (Å²) in [6.07, 6.45) is 2.00. The Hall–Kier alpha value is -3.46. The molecule has 3 aromatic heterocycles. The van der Waals surface area contributed by atoms with Crippen molar-refractivity contribution in [3.05, 3.63) is 94.8 Å². The Labute approximate surface area is 182 Å². The van der Waals surface area contributed by atoms with Crippen molar-refractivity contribution < 1.29 is 16.8 Å². The zero-order valence-corrected chi connectivity index (χ0v) is 15.4. The Balaban J connectivity index is 1.54. The summed E-state index contributed by atoms with van der Waals surface area (Å²) in [5.74, 6) is 0. The van der Waals surface area contributed by atoms with Crippen LogP contribution in [0.1, 0.15) is 40.3 Å². The van der Waals surface area contributed by atoms with Gasteiger partial charge >= 0.3 is 0 Å². The number of hydrogen-bond donors (Lipinski definition) is 0. The number of nitrogens with zero attached hydrogens (tertiary/aromatic N) is 2. The van der Waals surface area contributed by atoms with Crippen molar-refractivity contribution in [3.8, 4) is 11.3 Å². The molecule has 0 amide bonds. The van der Waals surface area contributed by atoms with Crippen LogP contribution in [0.2, 0.25) is 0 Å². The molecule has 2 aromatic carbocycles. The fraction of sp³-hybridized carbons (Fsp3) is 0.154. The average Bonchev–Trinajstić information content (AvgIpc) is 3.20. The highest BCUT2D eigenvalue weighted by Gasteiger charge is 2.14. The summed E-state index contributed by atoms with van der Waals surface area (Å²) in [5.41, 5.74) is 3.14. The molecule has 0 radical (unpaired) electrons. The van der Waals surface area contributed by atoms with E-state index in [0.29, 0.717) is 34.2 Å². The van der Waals surface area contributed by atoms with E-state index < -0.39 is 20.6 Å². The van der Waals surface area contributed by atoms with Crippen molar-refractivity contribution in [2.75, 3.05) is 0 Å². The van der Waals surface area contributed by atoms with Gasteiger partial charge in [-0.1, -0.05) is 30.3 Å². The summed E-state index contributed by atoms with van der Waals surface area (Å²) >= 11 is 0. The van der Waals surface area contributed by atoms with Gasteiger partial charge < -0.3 is 4.42 Å². The number of hydrogen-bond acceptors (Lipinski definition) is 3. The molecule has 0 unspecified atom stereocenters. The standard InChI is InChI=1S/C26H22N2O/c1-16-7-9-19(13-17(16)2)14-20-11-12-27-24(15-20)23-6-4-5-21-22-10-8-18(3)28-26(22)29-25(21)23/h4-13,15H,14H2,1-3H3/i1D3,2D3,3D3. The summed E-state index contributed by atoms with van der Waals surface area (Å²) in [6.45, 7) is -7.45. The average molecular weight is 388 g/mol. The summed E-state index contributed by atoms with van der Waals surface area (Å²) in [4.78, 5) is 8.71. The molecule has 0 atom stereocenters. The fourth-order valence-electron chi connectivity index (χ4n) is 3.55. The second-order valence-corrected chi connectivity index (χ2v) is 6.94. The minimum absolute atomic E-state index is 0.0494. The summed E-state index contributed by atoms with van der Waals surface area (Å²) in [5, 5.41) is 1.47. The number of aromatic nitrogens is 2. The van der Waals surface area contributed by atoms with Crippen LogP contribution in [0.3, 0.4) is 0 Å². The van der Waals surface area contributed by atoms with Gasteiger partial charge in [0.05, 0.1) is 5.69 Å². The number of furan rings is 1. The van der Waals surface area contributed by atoms with Crippen LogP contribution in [0.25, 0.3) is 33.3 Å². The van der Waals surface area contributed by atoms with Crippen molar-refractivity contribution in [2.45, 2.75) is 27.0 Å². The lowest BCUT2D eigenvalue weighted by atomic mass is 9.99. The highest BCUT2D eigenvalue weighted by Crippen LogP contribution is 2.34. The van der Waals surface area contributed by atoms with E-state index in [1.165, 1.54) is 18.2 Å². The smallest absolute Gasteiger partial charge is 0.227 e. The van der Waals surface area contributed by atoms with E-state index in [1.807, 2.05) is 24.3 Å². The maximum absolute atomic E-state index is 7.81. The van der Waals surface area contributed by atoms with Gasteiger partial charge in [-0.05, 0) is 79.6 Å². The Morgan fingerprint density at radius 1 is 0.862 bits per heavy atom. The van der Waals surface area contributed by atoms with Gasteiger partial charge in [0.15, 0.2) is 0 Å². The van der Waals surface area contributed by atoms with Crippen LogP contribution in [0, 0.1) is 20.6 Å². The van der Waals surface area contributed by atoms with Gasteiger partial charge in [0.25, 0.3) is 0 Å². The molecule has 142 valence electrons. The van der Waals surface area contributed by atoms with E-state index in [2.05, 4.69) is 9.97 Å². The van der Waals surface area contributed by atoms with Gasteiger partial charge in [-0.15, -0.1) is 0 Å². The van der Waals surface area contributed by atoms with Crippen LogP contribution in [0.5, 0.6) is 0 Å². The van der Waals surface area contributed by atoms with Gasteiger partial charge in [-0.25, -0.2) is 4.98 Å². The van der Waals surface area contributed by atoms with Crippen molar-refractivity contribution in [2.24, 2.45) is 0 Å². The molecule has 0 N–H and O–H groups in total. The lowest BCUT2D eigenvalue weighted by Gasteiger charge is -2.08. The number of fused-ring (bicyclic) bond motifs is 3. The molecular weight excluding hydrogens is 356 g/mol. The zero-order valence-electron chi connectivity index (χ0n) is 24.4. The Morgan fingerprint density at radius 2 is 1.79 bits per heavy atom. The summed E-state index contributed by atoms with van der Waals surface area (Å²) in [7, 11) is 0. The number of benzene rings is 2. The quantitative estimate of drug-likeness (QED) is 0.352. The fourth-order valence-corrected chi connectivity index (χ4v) is 3.55. The maximum atomic E-state index is 7.81. The molecule has 5 rings (SSSR count). The molecule has 29 heavy (non-hydrogen) atoms. The molecule has 0 aliphatic heterocycles. The maximum Gasteiger partial charge on any atom is 0.227 e. The van der Waals surface area contributed by atoms with Crippen LogP contribution in [0.4, 0.5) is 0 Å². The van der Waals surface area contributed by atoms with Crippen LogP contribution in [-0.4, -0.2) is 9.97 Å². The molecule has 0 spiro atoms. The normalized spacial score (nSPS) is 17.3. The topological polar surface area (TPSA) is 38.9 Å². The molecule has 3 heterocycles. The second-order valence-electron chi connectivity index (χ2n) is 6.94. The Morgan fingerprint density at radius 3 is 2.69 bits per heavy atom. The van der Waals surface area contributed by atoms with Gasteiger partial charge in [0.1, 0.15) is 5.58 Å². The van der Waals surface area contributed by atoms with Crippen molar-refractivity contribution in [1.82, 2.24) is 9.97 Å². The molecule has 3 nitrogen and oxygen atoms in total. The highest BCUT2D eigenvalue weighted by atomic mass is 16.3. The lowest BCUT2D eigenvalue weighted by Crippen LogP contribution is -1.93. The number of pyridine rings is 2. The van der Waals surface area contributed by atoms with Crippen LogP contribution < -0.4 is 0 Å². The highest BCUT2D eigenvalue weighted by molar-refractivity contribution is 6.08. The molecule has 5 aromatic rings. The monoisotopic (exact) mass is 387 g/mol. The first-order chi connectivity index (χ1) is 17.7. The first-order valence-electron chi connectivity index (χ1n) is 13.6. The zero-order chi connectivity index (χ0) is 27.5. The molecule has 0 bridgehead atoms. The van der Waals surface area contributed by atoms with Gasteiger partial charge in [-0.2, -0.15) is 0 Å². The Bertz CT molecular complexity index is 1660. The van der Waals surface area contributed by atoms with E-state index in [9.17, 15) is 0 Å². The first-order valence-corrected chi connectivity index (χ1v) is 9.14. The van der Waals surface area contributed by atoms with Crippen molar-refractivity contribution >= 4 is 22.1 Å². The second kappa shape index (κ2) is 6.85. The van der Waals surface area contributed by atoms with Crippen LogP contribution >= 0.6 is 0 Å². The van der Waals surface area contributed by atoms with E-state index in [-0.39, 0.29) is 22.5 Å². The third kappa shape index (κ3) is 3.19. The third-order valence-corrected chi connectivity index (χ3v) is 4.96. The van der Waals surface area contributed by atoms with Crippen LogP contribution in [-0.2, 0) is 6.42 Å². The number of para-hydroxylation sites is 1. The van der Waals surface area contributed by atoms with E-state index >= 15 is 0 Å². The van der Waals surface area contributed by atoms with Crippen molar-refractivity contribution in [3.63, 3.8) is 0 Å². The summed E-state index contributed by atoms with van der Waals surface area (Å²) < 4.78 is 75.4. The summed E-state index contributed by atoms with van der Waals surface area (Å²) in [6, 6.07) is 16.8. The lowest BCUT2D eigenvalue weighted by molar-refractivity contribution is 0.653. The van der Waals surface area contributed by atoms with Gasteiger partial charge in [-0.3, -0.25) is 4.98 Å². The predicted octanol–water partition coefficient (Wildman–Crippen LogP) is 6.56. The minimum atomic E-state index is -2.56. The predicted molar refractivity (Wildman–Crippen MR) is 118 cm³/mol. The molecule has 0 aliphatic rings. The molecule has 0 saturated carbocycles. The van der Waals surface area contributed by atoms with E-state index in [4.69, 9.17) is 16.8 Å². The molecule has 0 fully saturated rings. The Kier molecular flexibility index (Phi) is 2.45. The number of aryl methyl sites for hydroxylation is 3. The van der Waals surface area contributed by atoms with E-state index in [1.54, 1.807) is 24.4 Å². The largest absolute Gasteiger partial charge is 0.437 e. The molecule has 3 heteroatoms. The third-order valence-electron chi connectivity index (χ3n) is 4.96. The molecule has 0 aliphatic carbocycles. The van der Waals surface area contributed by atoms with Crippen LogP contribution in [0.15, 0.2) is 71.3 Å². The first kappa shape index (κ1) is 10.4. The SMILES string of the molecule is [2H]C([2H])([2H])c1ccc2c(n1)oc1c(-c3cc(Cc4ccc(C([2H])([2H])[2H])c(C([2H])([2H])[2H])c4)ccn3)cccc12. The molecular formula is C26H22N2O. The number of rotatable bonds is 3.